The third-order valence-electron chi connectivity index (χ3n) is 4.19. The van der Waals surface area contributed by atoms with E-state index in [1.54, 1.807) is 12.1 Å². The number of sulfonamides is 1. The molecule has 0 saturated carbocycles. The minimum Gasteiger partial charge on any atom is -0.355 e. The third-order valence-corrected chi connectivity index (χ3v) is 6.08. The van der Waals surface area contributed by atoms with Crippen LogP contribution >= 0.6 is 0 Å². The molecule has 6 nitrogen and oxygen atoms in total. The zero-order chi connectivity index (χ0) is 17.0. The number of likely N-dealkylation sites (N-methyl/N-ethyl adjacent to an activating group) is 1. The summed E-state index contributed by atoms with van der Waals surface area (Å²) in [6.07, 6.45) is 0. The van der Waals surface area contributed by atoms with Gasteiger partial charge in [0.15, 0.2) is 0 Å². The van der Waals surface area contributed by atoms with Crippen LogP contribution in [0.1, 0.15) is 18.1 Å². The lowest BCUT2D eigenvalue weighted by Crippen LogP contribution is -2.51. The number of carbonyl (C=O) groups excluding carboxylic acids is 1. The Morgan fingerprint density at radius 2 is 1.78 bits per heavy atom. The minimum absolute atomic E-state index is 0.0158. The molecule has 1 saturated heterocycles. The zero-order valence-corrected chi connectivity index (χ0v) is 14.8. The third kappa shape index (κ3) is 4.31. The van der Waals surface area contributed by atoms with Crippen LogP contribution in [0.4, 0.5) is 0 Å². The van der Waals surface area contributed by atoms with Crippen LogP contribution in [0.5, 0.6) is 0 Å². The van der Waals surface area contributed by atoms with Gasteiger partial charge >= 0.3 is 0 Å². The Bertz CT molecular complexity index is 665. The second kappa shape index (κ2) is 7.42. The van der Waals surface area contributed by atoms with Crippen LogP contribution in [-0.4, -0.2) is 62.8 Å². The fourth-order valence-electron chi connectivity index (χ4n) is 2.61. The first-order valence-electron chi connectivity index (χ1n) is 7.91. The van der Waals surface area contributed by atoms with Crippen molar-refractivity contribution in [2.75, 3.05) is 39.3 Å². The molecule has 0 unspecified atom stereocenters. The van der Waals surface area contributed by atoms with Gasteiger partial charge in [-0.25, -0.2) is 8.42 Å². The predicted octanol–water partition coefficient (Wildman–Crippen LogP) is 0.746. The molecule has 1 fully saturated rings. The number of rotatable bonds is 5. The molecule has 1 heterocycles. The summed E-state index contributed by atoms with van der Waals surface area (Å²) in [5.74, 6) is -0.0158. The topological polar surface area (TPSA) is 69.7 Å². The molecule has 0 aromatic heterocycles. The van der Waals surface area contributed by atoms with Crippen molar-refractivity contribution in [1.29, 1.82) is 0 Å². The highest BCUT2D eigenvalue weighted by Crippen LogP contribution is 2.20. The Labute approximate surface area is 138 Å². The van der Waals surface area contributed by atoms with E-state index in [0.29, 0.717) is 44.2 Å². The maximum atomic E-state index is 12.7. The van der Waals surface area contributed by atoms with Gasteiger partial charge in [0.2, 0.25) is 15.9 Å². The molecule has 1 amide bonds. The first kappa shape index (κ1) is 17.9. The van der Waals surface area contributed by atoms with Gasteiger partial charge in [-0.3, -0.25) is 9.69 Å². The lowest BCUT2D eigenvalue weighted by molar-refractivity contribution is -0.122. The molecule has 1 aromatic rings. The molecule has 7 heteroatoms. The van der Waals surface area contributed by atoms with Crippen LogP contribution in [0.15, 0.2) is 23.1 Å². The number of piperazine rings is 1. The number of nitrogens with zero attached hydrogens (tertiary/aromatic N) is 2. The van der Waals surface area contributed by atoms with Crippen LogP contribution in [0.3, 0.4) is 0 Å². The van der Waals surface area contributed by atoms with Crippen molar-refractivity contribution in [2.45, 2.75) is 25.7 Å². The SMILES string of the molecule is CCNC(=O)CN1CCN(S(=O)(=O)c2ccc(C)c(C)c2)CC1. The lowest BCUT2D eigenvalue weighted by Gasteiger charge is -2.33. The molecule has 0 atom stereocenters. The first-order valence-corrected chi connectivity index (χ1v) is 9.35. The largest absolute Gasteiger partial charge is 0.355 e. The Kier molecular flexibility index (Phi) is 5.78. The van der Waals surface area contributed by atoms with Crippen LogP contribution in [0.25, 0.3) is 0 Å². The van der Waals surface area contributed by atoms with E-state index in [1.807, 2.05) is 31.7 Å². The van der Waals surface area contributed by atoms with Crippen molar-refractivity contribution in [3.63, 3.8) is 0 Å². The summed E-state index contributed by atoms with van der Waals surface area (Å²) in [4.78, 5) is 13.9. The van der Waals surface area contributed by atoms with Gasteiger partial charge in [-0.05, 0) is 44.0 Å². The van der Waals surface area contributed by atoms with E-state index in [1.165, 1.54) is 4.31 Å². The number of carbonyl (C=O) groups is 1. The molecule has 1 N–H and O–H groups in total. The average molecular weight is 339 g/mol. The van der Waals surface area contributed by atoms with Crippen molar-refractivity contribution in [1.82, 2.24) is 14.5 Å². The number of hydrogen-bond acceptors (Lipinski definition) is 4. The quantitative estimate of drug-likeness (QED) is 0.859. The van der Waals surface area contributed by atoms with E-state index in [-0.39, 0.29) is 5.91 Å². The Morgan fingerprint density at radius 3 is 2.35 bits per heavy atom. The van der Waals surface area contributed by atoms with Gasteiger partial charge in [0, 0.05) is 32.7 Å². The maximum absolute atomic E-state index is 12.7. The highest BCUT2D eigenvalue weighted by atomic mass is 32.2. The average Bonchev–Trinajstić information content (AvgIpc) is 2.50. The Hall–Kier alpha value is -1.44. The number of aryl methyl sites for hydroxylation is 2. The molecule has 23 heavy (non-hydrogen) atoms. The van der Waals surface area contributed by atoms with Gasteiger partial charge in [-0.1, -0.05) is 6.07 Å². The smallest absolute Gasteiger partial charge is 0.243 e. The van der Waals surface area contributed by atoms with Crippen molar-refractivity contribution in [2.24, 2.45) is 0 Å². The van der Waals surface area contributed by atoms with E-state index in [4.69, 9.17) is 0 Å². The van der Waals surface area contributed by atoms with Crippen LogP contribution in [-0.2, 0) is 14.8 Å². The second-order valence-corrected chi connectivity index (χ2v) is 7.82. The summed E-state index contributed by atoms with van der Waals surface area (Å²) < 4.78 is 26.9. The van der Waals surface area contributed by atoms with Gasteiger partial charge in [-0.2, -0.15) is 4.31 Å². The Morgan fingerprint density at radius 1 is 1.13 bits per heavy atom. The minimum atomic E-state index is -3.46. The molecule has 128 valence electrons. The first-order chi connectivity index (χ1) is 10.8. The number of hydrogen-bond donors (Lipinski definition) is 1. The molecule has 0 aliphatic carbocycles. The van der Waals surface area contributed by atoms with E-state index in [9.17, 15) is 13.2 Å². The summed E-state index contributed by atoms with van der Waals surface area (Å²) in [6, 6.07) is 5.23. The van der Waals surface area contributed by atoms with Gasteiger partial charge in [0.05, 0.1) is 11.4 Å². The number of amides is 1. The van der Waals surface area contributed by atoms with Gasteiger partial charge in [0.1, 0.15) is 0 Å². The van der Waals surface area contributed by atoms with Crippen LogP contribution in [0.2, 0.25) is 0 Å². The number of benzene rings is 1. The number of nitrogens with one attached hydrogen (secondary N) is 1. The van der Waals surface area contributed by atoms with E-state index in [0.717, 1.165) is 11.1 Å². The molecule has 0 spiro atoms. The predicted molar refractivity (Wildman–Crippen MR) is 89.8 cm³/mol. The fraction of sp³-hybridized carbons (Fsp3) is 0.562. The molecule has 0 radical (unpaired) electrons. The van der Waals surface area contributed by atoms with Gasteiger partial charge < -0.3 is 5.32 Å². The molecule has 2 rings (SSSR count). The van der Waals surface area contributed by atoms with Crippen molar-refractivity contribution in [3.05, 3.63) is 29.3 Å². The van der Waals surface area contributed by atoms with E-state index < -0.39 is 10.0 Å². The van der Waals surface area contributed by atoms with Gasteiger partial charge in [-0.15, -0.1) is 0 Å². The summed E-state index contributed by atoms with van der Waals surface area (Å²) in [7, 11) is -3.46. The fourth-order valence-corrected chi connectivity index (χ4v) is 4.12. The summed E-state index contributed by atoms with van der Waals surface area (Å²) in [6.45, 7) is 8.66. The summed E-state index contributed by atoms with van der Waals surface area (Å²) in [5.41, 5.74) is 2.05. The molecular formula is C16H25N3O3S. The monoisotopic (exact) mass is 339 g/mol. The van der Waals surface area contributed by atoms with E-state index >= 15 is 0 Å². The highest BCUT2D eigenvalue weighted by molar-refractivity contribution is 7.89. The van der Waals surface area contributed by atoms with E-state index in [2.05, 4.69) is 5.32 Å². The van der Waals surface area contributed by atoms with Crippen LogP contribution < -0.4 is 5.32 Å². The van der Waals surface area contributed by atoms with Gasteiger partial charge in [0.25, 0.3) is 0 Å². The highest BCUT2D eigenvalue weighted by Gasteiger charge is 2.29. The molecule has 1 aliphatic heterocycles. The molecule has 1 aromatic carbocycles. The lowest BCUT2D eigenvalue weighted by atomic mass is 10.1. The second-order valence-electron chi connectivity index (χ2n) is 5.88. The molecule has 1 aliphatic rings. The summed E-state index contributed by atoms with van der Waals surface area (Å²) >= 11 is 0. The van der Waals surface area contributed by atoms with Crippen molar-refractivity contribution >= 4 is 15.9 Å². The zero-order valence-electron chi connectivity index (χ0n) is 14.0. The van der Waals surface area contributed by atoms with Crippen molar-refractivity contribution < 1.29 is 13.2 Å². The molecule has 0 bridgehead atoms. The van der Waals surface area contributed by atoms with Crippen LogP contribution in [0, 0.1) is 13.8 Å². The Balaban J connectivity index is 2.01. The van der Waals surface area contributed by atoms with Crippen molar-refractivity contribution in [3.8, 4) is 0 Å². The summed E-state index contributed by atoms with van der Waals surface area (Å²) in [5, 5.41) is 2.76. The maximum Gasteiger partial charge on any atom is 0.243 e. The standard InChI is InChI=1S/C16H25N3O3S/c1-4-17-16(20)12-18-7-9-19(10-8-18)23(21,22)15-6-5-13(2)14(3)11-15/h5-6,11H,4,7-10,12H2,1-3H3,(H,17,20). The normalized spacial score (nSPS) is 17.2. The molecular weight excluding hydrogens is 314 g/mol.